The zero-order valence-electron chi connectivity index (χ0n) is 10.4. The first-order valence-electron chi connectivity index (χ1n) is 6.50. The van der Waals surface area contributed by atoms with E-state index in [0.29, 0.717) is 18.0 Å². The molecule has 1 aromatic rings. The third-order valence-corrected chi connectivity index (χ3v) is 4.06. The third kappa shape index (κ3) is 2.32. The van der Waals surface area contributed by atoms with Crippen molar-refractivity contribution in [2.75, 3.05) is 6.54 Å². The molecule has 0 bridgehead atoms. The van der Waals surface area contributed by atoms with Crippen molar-refractivity contribution in [1.82, 2.24) is 10.2 Å². The van der Waals surface area contributed by atoms with E-state index in [1.165, 1.54) is 0 Å². The fourth-order valence-electron chi connectivity index (χ4n) is 2.83. The van der Waals surface area contributed by atoms with E-state index >= 15 is 0 Å². The fourth-order valence-corrected chi connectivity index (χ4v) is 2.95. The van der Waals surface area contributed by atoms with Gasteiger partial charge >= 0.3 is 0 Å². The molecule has 0 radical (unpaired) electrons. The van der Waals surface area contributed by atoms with Gasteiger partial charge in [-0.3, -0.25) is 9.59 Å². The first kappa shape index (κ1) is 12.5. The Hall–Kier alpha value is -1.55. The first-order valence-corrected chi connectivity index (χ1v) is 6.88. The van der Waals surface area contributed by atoms with Gasteiger partial charge in [0.25, 0.3) is 0 Å². The summed E-state index contributed by atoms with van der Waals surface area (Å²) in [5.41, 5.74) is 1.00. The number of hydrogen-bond donors (Lipinski definition) is 1. The number of benzene rings is 1. The lowest BCUT2D eigenvalue weighted by Crippen LogP contribution is -2.61. The normalized spacial score (nSPS) is 26.3. The molecule has 2 saturated heterocycles. The van der Waals surface area contributed by atoms with Crippen molar-refractivity contribution in [1.29, 1.82) is 0 Å². The predicted octanol–water partition coefficient (Wildman–Crippen LogP) is 1.37. The van der Waals surface area contributed by atoms with Crippen LogP contribution in [0.25, 0.3) is 0 Å². The topological polar surface area (TPSA) is 49.4 Å². The molecule has 1 aromatic carbocycles. The number of hydrogen-bond acceptors (Lipinski definition) is 2. The van der Waals surface area contributed by atoms with Crippen LogP contribution in [0.5, 0.6) is 0 Å². The number of nitrogens with zero attached hydrogens (tertiary/aromatic N) is 1. The molecule has 0 saturated carbocycles. The molecule has 2 aliphatic rings. The molecule has 0 unspecified atom stereocenters. The molecule has 3 rings (SSSR count). The van der Waals surface area contributed by atoms with Crippen LogP contribution in [0.3, 0.4) is 0 Å². The summed E-state index contributed by atoms with van der Waals surface area (Å²) in [5, 5.41) is 3.51. The van der Waals surface area contributed by atoms with Crippen molar-refractivity contribution >= 4 is 23.4 Å². The molecule has 2 heterocycles. The summed E-state index contributed by atoms with van der Waals surface area (Å²) in [7, 11) is 0. The highest BCUT2D eigenvalue weighted by Gasteiger charge is 2.42. The number of halogens is 1. The van der Waals surface area contributed by atoms with Gasteiger partial charge in [-0.05, 0) is 30.5 Å². The van der Waals surface area contributed by atoms with Gasteiger partial charge in [0, 0.05) is 18.0 Å². The highest BCUT2D eigenvalue weighted by atomic mass is 35.5. The lowest BCUT2D eigenvalue weighted by Gasteiger charge is -2.34. The zero-order chi connectivity index (χ0) is 13.4. The van der Waals surface area contributed by atoms with E-state index < -0.39 is 6.04 Å². The quantitative estimate of drug-likeness (QED) is 0.888. The Labute approximate surface area is 116 Å². The molecule has 2 amide bonds. The highest BCUT2D eigenvalue weighted by molar-refractivity contribution is 6.30. The predicted molar refractivity (Wildman–Crippen MR) is 71.8 cm³/mol. The van der Waals surface area contributed by atoms with E-state index in [1.54, 1.807) is 17.0 Å². The van der Waals surface area contributed by atoms with Crippen molar-refractivity contribution in [3.8, 4) is 0 Å². The summed E-state index contributed by atoms with van der Waals surface area (Å²) in [6, 6.07) is 6.68. The second-order valence-corrected chi connectivity index (χ2v) is 5.52. The minimum absolute atomic E-state index is 0.0175. The average Bonchev–Trinajstić information content (AvgIpc) is 2.88. The second-order valence-electron chi connectivity index (χ2n) is 5.08. The van der Waals surface area contributed by atoms with Gasteiger partial charge in [0.05, 0.1) is 0 Å². The molecule has 2 fully saturated rings. The van der Waals surface area contributed by atoms with E-state index in [4.69, 9.17) is 11.6 Å². The Morgan fingerprint density at radius 3 is 2.74 bits per heavy atom. The van der Waals surface area contributed by atoms with Crippen LogP contribution in [0.1, 0.15) is 18.4 Å². The summed E-state index contributed by atoms with van der Waals surface area (Å²) in [4.78, 5) is 26.0. The van der Waals surface area contributed by atoms with Crippen LogP contribution in [0.15, 0.2) is 24.3 Å². The monoisotopic (exact) mass is 278 g/mol. The van der Waals surface area contributed by atoms with Crippen LogP contribution < -0.4 is 5.32 Å². The van der Waals surface area contributed by atoms with Crippen molar-refractivity contribution in [3.63, 3.8) is 0 Å². The summed E-state index contributed by atoms with van der Waals surface area (Å²) < 4.78 is 0. The maximum atomic E-state index is 12.3. The molecule has 2 aliphatic heterocycles. The highest BCUT2D eigenvalue weighted by Crippen LogP contribution is 2.23. The summed E-state index contributed by atoms with van der Waals surface area (Å²) in [6.45, 7) is 0.702. The molecule has 5 heteroatoms. The maximum absolute atomic E-state index is 12.3. The van der Waals surface area contributed by atoms with E-state index in [9.17, 15) is 9.59 Å². The number of piperazine rings is 1. The summed E-state index contributed by atoms with van der Waals surface area (Å²) in [6.07, 6.45) is 2.22. The SMILES string of the molecule is O=C1N[C@@H](Cc2ccc(Cl)cc2)C(=O)N2CCC[C@@H]12. The van der Waals surface area contributed by atoms with Crippen LogP contribution in [-0.4, -0.2) is 35.3 Å². The van der Waals surface area contributed by atoms with Gasteiger partial charge in [-0.2, -0.15) is 0 Å². The van der Waals surface area contributed by atoms with Crippen LogP contribution in [-0.2, 0) is 16.0 Å². The Kier molecular flexibility index (Phi) is 3.19. The van der Waals surface area contributed by atoms with Crippen LogP contribution in [0.2, 0.25) is 5.02 Å². The van der Waals surface area contributed by atoms with Crippen molar-refractivity contribution in [3.05, 3.63) is 34.9 Å². The lowest BCUT2D eigenvalue weighted by molar-refractivity contribution is -0.146. The number of amides is 2. The van der Waals surface area contributed by atoms with Crippen molar-refractivity contribution < 1.29 is 9.59 Å². The minimum atomic E-state index is -0.442. The van der Waals surface area contributed by atoms with Gasteiger partial charge in [0.1, 0.15) is 12.1 Å². The standard InChI is InChI=1S/C14H15ClN2O2/c15-10-5-3-9(4-6-10)8-11-14(19)17-7-1-2-12(17)13(18)16-11/h3-6,11-12H,1-2,7-8H2,(H,16,18)/t11-,12-/m0/s1. The van der Waals surface area contributed by atoms with Crippen LogP contribution in [0.4, 0.5) is 0 Å². The molecular weight excluding hydrogens is 264 g/mol. The summed E-state index contributed by atoms with van der Waals surface area (Å²) >= 11 is 5.83. The average molecular weight is 279 g/mol. The fraction of sp³-hybridized carbons (Fsp3) is 0.429. The Morgan fingerprint density at radius 2 is 2.00 bits per heavy atom. The molecule has 4 nitrogen and oxygen atoms in total. The Morgan fingerprint density at radius 1 is 1.26 bits per heavy atom. The summed E-state index contributed by atoms with van der Waals surface area (Å²) in [5.74, 6) is 0.0214. The Balaban J connectivity index is 1.76. The van der Waals surface area contributed by atoms with Gasteiger partial charge in [-0.25, -0.2) is 0 Å². The molecule has 0 aliphatic carbocycles. The second kappa shape index (κ2) is 4.85. The van der Waals surface area contributed by atoms with E-state index in [0.717, 1.165) is 18.4 Å². The molecule has 1 N–H and O–H groups in total. The number of rotatable bonds is 2. The van der Waals surface area contributed by atoms with Gasteiger partial charge in [0.15, 0.2) is 0 Å². The number of nitrogens with one attached hydrogen (secondary N) is 1. The molecular formula is C14H15ClN2O2. The first-order chi connectivity index (χ1) is 9.15. The van der Waals surface area contributed by atoms with Crippen molar-refractivity contribution in [2.24, 2.45) is 0 Å². The van der Waals surface area contributed by atoms with E-state index in [2.05, 4.69) is 5.32 Å². The van der Waals surface area contributed by atoms with Gasteiger partial charge in [-0.15, -0.1) is 0 Å². The number of carbonyl (C=O) groups excluding carboxylic acids is 2. The third-order valence-electron chi connectivity index (χ3n) is 3.81. The number of carbonyl (C=O) groups is 2. The van der Waals surface area contributed by atoms with E-state index in [1.807, 2.05) is 12.1 Å². The molecule has 2 atom stereocenters. The minimum Gasteiger partial charge on any atom is -0.342 e. The molecule has 100 valence electrons. The Bertz CT molecular complexity index is 515. The van der Waals surface area contributed by atoms with Gasteiger partial charge < -0.3 is 10.2 Å². The van der Waals surface area contributed by atoms with Crippen LogP contribution in [0, 0.1) is 0 Å². The molecule has 0 spiro atoms. The van der Waals surface area contributed by atoms with Crippen LogP contribution >= 0.6 is 11.6 Å². The molecule has 19 heavy (non-hydrogen) atoms. The molecule has 0 aromatic heterocycles. The smallest absolute Gasteiger partial charge is 0.246 e. The maximum Gasteiger partial charge on any atom is 0.246 e. The number of fused-ring (bicyclic) bond motifs is 1. The lowest BCUT2D eigenvalue weighted by atomic mass is 10.0. The van der Waals surface area contributed by atoms with Crippen molar-refractivity contribution in [2.45, 2.75) is 31.3 Å². The van der Waals surface area contributed by atoms with E-state index in [-0.39, 0.29) is 17.9 Å². The zero-order valence-corrected chi connectivity index (χ0v) is 11.2. The largest absolute Gasteiger partial charge is 0.342 e. The van der Waals surface area contributed by atoms with Gasteiger partial charge in [0.2, 0.25) is 11.8 Å². The van der Waals surface area contributed by atoms with Gasteiger partial charge in [-0.1, -0.05) is 23.7 Å².